The Morgan fingerprint density at radius 1 is 1.20 bits per heavy atom. The zero-order valence-corrected chi connectivity index (χ0v) is 18.0. The highest BCUT2D eigenvalue weighted by Crippen LogP contribution is 2.34. The third kappa shape index (κ3) is 3.99. The molecule has 2 aromatic carbocycles. The number of nitrogens with one attached hydrogen (secondary N) is 1. The number of ether oxygens (including phenoxy) is 1. The van der Waals surface area contributed by atoms with Gasteiger partial charge in [0.25, 0.3) is 0 Å². The Bertz CT molecular complexity index is 1030. The van der Waals surface area contributed by atoms with Crippen LogP contribution in [-0.2, 0) is 6.54 Å². The highest BCUT2D eigenvalue weighted by molar-refractivity contribution is 5.91. The fraction of sp³-hybridized carbons (Fsp3) is 0.417. The van der Waals surface area contributed by atoms with Crippen molar-refractivity contribution in [3.8, 4) is 5.75 Å². The average molecular weight is 407 g/mol. The minimum absolute atomic E-state index is 0.0268. The Morgan fingerprint density at radius 2 is 1.97 bits per heavy atom. The lowest BCUT2D eigenvalue weighted by Crippen LogP contribution is -2.35. The van der Waals surface area contributed by atoms with Gasteiger partial charge in [-0.25, -0.2) is 9.78 Å². The van der Waals surface area contributed by atoms with Crippen LogP contribution in [0.25, 0.3) is 11.0 Å². The lowest BCUT2D eigenvalue weighted by Gasteiger charge is -2.25. The molecule has 1 aromatic heterocycles. The molecule has 3 aromatic rings. The number of aryl methyl sites for hydroxylation is 1. The van der Waals surface area contributed by atoms with E-state index < -0.39 is 0 Å². The van der Waals surface area contributed by atoms with Crippen molar-refractivity contribution in [1.29, 1.82) is 0 Å². The van der Waals surface area contributed by atoms with E-state index in [9.17, 15) is 4.79 Å². The molecule has 1 saturated heterocycles. The monoisotopic (exact) mass is 406 g/mol. The van der Waals surface area contributed by atoms with Crippen LogP contribution in [0, 0.1) is 5.92 Å². The number of hydrogen-bond acceptors (Lipinski definition) is 3. The van der Waals surface area contributed by atoms with Crippen LogP contribution in [0.15, 0.2) is 48.5 Å². The van der Waals surface area contributed by atoms with E-state index in [1.54, 1.807) is 0 Å². The Balaban J connectivity index is 1.57. The van der Waals surface area contributed by atoms with Crippen molar-refractivity contribution < 1.29 is 9.53 Å². The molecule has 0 saturated carbocycles. The van der Waals surface area contributed by atoms with Crippen LogP contribution in [-0.4, -0.2) is 33.6 Å². The molecule has 4 rings (SSSR count). The van der Waals surface area contributed by atoms with E-state index in [-0.39, 0.29) is 12.1 Å². The molecule has 1 unspecified atom stereocenters. The van der Waals surface area contributed by atoms with Gasteiger partial charge in [-0.05, 0) is 49.9 Å². The number of urea groups is 1. The Morgan fingerprint density at radius 3 is 2.77 bits per heavy atom. The number of rotatable bonds is 6. The average Bonchev–Trinajstić information content (AvgIpc) is 3.37. The molecule has 1 aliphatic heterocycles. The van der Waals surface area contributed by atoms with Gasteiger partial charge in [-0.1, -0.05) is 38.1 Å². The molecule has 2 amide bonds. The van der Waals surface area contributed by atoms with Crippen molar-refractivity contribution in [3.63, 3.8) is 0 Å². The smallest absolute Gasteiger partial charge is 0.322 e. The van der Waals surface area contributed by atoms with Gasteiger partial charge in [0.15, 0.2) is 0 Å². The van der Waals surface area contributed by atoms with Crippen molar-refractivity contribution in [2.24, 2.45) is 5.92 Å². The van der Waals surface area contributed by atoms with Crippen LogP contribution in [0.2, 0.25) is 0 Å². The normalized spacial score (nSPS) is 16.4. The molecule has 6 heteroatoms. The molecule has 0 aliphatic carbocycles. The van der Waals surface area contributed by atoms with Gasteiger partial charge < -0.3 is 19.5 Å². The molecule has 158 valence electrons. The molecule has 1 N–H and O–H groups in total. The van der Waals surface area contributed by atoms with Gasteiger partial charge in [-0.3, -0.25) is 0 Å². The van der Waals surface area contributed by atoms with Gasteiger partial charge in [0, 0.05) is 13.1 Å². The van der Waals surface area contributed by atoms with Crippen molar-refractivity contribution in [2.45, 2.75) is 46.2 Å². The summed E-state index contributed by atoms with van der Waals surface area (Å²) in [6.45, 7) is 8.50. The zero-order chi connectivity index (χ0) is 21.1. The van der Waals surface area contributed by atoms with Crippen molar-refractivity contribution in [1.82, 2.24) is 14.5 Å². The summed E-state index contributed by atoms with van der Waals surface area (Å²) in [5.74, 6) is 2.09. The van der Waals surface area contributed by atoms with E-state index in [1.165, 1.54) is 0 Å². The first-order chi connectivity index (χ1) is 14.6. The largest absolute Gasteiger partial charge is 0.491 e. The predicted octanol–water partition coefficient (Wildman–Crippen LogP) is 5.46. The molecule has 2 heterocycles. The summed E-state index contributed by atoms with van der Waals surface area (Å²) in [4.78, 5) is 20.0. The van der Waals surface area contributed by atoms with Crippen LogP contribution in [0.3, 0.4) is 0 Å². The molecule has 1 atom stereocenters. The first kappa shape index (κ1) is 20.3. The van der Waals surface area contributed by atoms with E-state index in [0.717, 1.165) is 42.8 Å². The number of anilines is 1. The Labute approximate surface area is 177 Å². The molecule has 1 fully saturated rings. The number of carbonyl (C=O) groups is 1. The minimum atomic E-state index is -0.104. The van der Waals surface area contributed by atoms with E-state index >= 15 is 0 Å². The highest BCUT2D eigenvalue weighted by Gasteiger charge is 2.34. The van der Waals surface area contributed by atoms with Crippen LogP contribution in [0.1, 0.15) is 45.5 Å². The van der Waals surface area contributed by atoms with Crippen molar-refractivity contribution in [2.75, 3.05) is 18.5 Å². The number of likely N-dealkylation sites (tertiary alicyclic amines) is 1. The molecule has 0 spiro atoms. The van der Waals surface area contributed by atoms with Gasteiger partial charge in [-0.15, -0.1) is 0 Å². The van der Waals surface area contributed by atoms with E-state index in [0.29, 0.717) is 24.0 Å². The number of imidazole rings is 1. The van der Waals surface area contributed by atoms with Crippen LogP contribution in [0.4, 0.5) is 10.5 Å². The quantitative estimate of drug-likeness (QED) is 0.591. The molecule has 1 aliphatic rings. The summed E-state index contributed by atoms with van der Waals surface area (Å²) < 4.78 is 8.13. The molecular formula is C24H30N4O2. The van der Waals surface area contributed by atoms with Crippen molar-refractivity contribution >= 4 is 22.8 Å². The van der Waals surface area contributed by atoms with Crippen molar-refractivity contribution in [3.05, 3.63) is 54.4 Å². The third-order valence-corrected chi connectivity index (χ3v) is 5.51. The molecule has 0 bridgehead atoms. The Kier molecular flexibility index (Phi) is 5.93. The second-order valence-corrected chi connectivity index (χ2v) is 8.19. The number of hydrogen-bond donors (Lipinski definition) is 1. The van der Waals surface area contributed by atoms with Crippen LogP contribution in [0.5, 0.6) is 5.75 Å². The second kappa shape index (κ2) is 8.78. The summed E-state index contributed by atoms with van der Waals surface area (Å²) in [5.41, 5.74) is 2.81. The maximum Gasteiger partial charge on any atom is 0.322 e. The van der Waals surface area contributed by atoms with Gasteiger partial charge in [0.2, 0.25) is 0 Å². The standard InChI is InChI=1S/C24H30N4O2/c1-4-27-20-12-7-5-10-18(20)25-23(27)21-13-9-15-28(21)24(29)26-19-11-6-8-14-22(19)30-16-17(2)3/h5-8,10-12,14,17,21H,4,9,13,15-16H2,1-3H3,(H,26,29). The third-order valence-electron chi connectivity index (χ3n) is 5.51. The van der Waals surface area contributed by atoms with E-state index in [4.69, 9.17) is 9.72 Å². The number of aromatic nitrogens is 2. The maximum absolute atomic E-state index is 13.2. The Hall–Kier alpha value is -3.02. The first-order valence-corrected chi connectivity index (χ1v) is 10.8. The summed E-state index contributed by atoms with van der Waals surface area (Å²) >= 11 is 0. The first-order valence-electron chi connectivity index (χ1n) is 10.8. The van der Waals surface area contributed by atoms with Gasteiger partial charge in [0.05, 0.1) is 29.4 Å². The zero-order valence-electron chi connectivity index (χ0n) is 18.0. The van der Waals surface area contributed by atoms with E-state index in [1.807, 2.05) is 47.4 Å². The maximum atomic E-state index is 13.2. The number of carbonyl (C=O) groups excluding carboxylic acids is 1. The van der Waals surface area contributed by atoms with Gasteiger partial charge in [0.1, 0.15) is 11.6 Å². The fourth-order valence-corrected chi connectivity index (χ4v) is 4.10. The molecular weight excluding hydrogens is 376 g/mol. The highest BCUT2D eigenvalue weighted by atomic mass is 16.5. The minimum Gasteiger partial charge on any atom is -0.491 e. The van der Waals surface area contributed by atoms with Gasteiger partial charge in [-0.2, -0.15) is 0 Å². The topological polar surface area (TPSA) is 59.4 Å². The predicted molar refractivity (Wildman–Crippen MR) is 120 cm³/mol. The summed E-state index contributed by atoms with van der Waals surface area (Å²) in [6, 6.07) is 15.7. The summed E-state index contributed by atoms with van der Waals surface area (Å²) in [7, 11) is 0. The summed E-state index contributed by atoms with van der Waals surface area (Å²) in [6.07, 6.45) is 1.89. The lowest BCUT2D eigenvalue weighted by atomic mass is 10.2. The van der Waals surface area contributed by atoms with Crippen LogP contribution < -0.4 is 10.1 Å². The molecule has 30 heavy (non-hydrogen) atoms. The fourth-order valence-electron chi connectivity index (χ4n) is 4.10. The van der Waals surface area contributed by atoms with E-state index in [2.05, 4.69) is 36.7 Å². The second-order valence-electron chi connectivity index (χ2n) is 8.19. The summed E-state index contributed by atoms with van der Waals surface area (Å²) in [5, 5.41) is 3.07. The molecule has 6 nitrogen and oxygen atoms in total. The van der Waals surface area contributed by atoms with Crippen LogP contribution >= 0.6 is 0 Å². The lowest BCUT2D eigenvalue weighted by molar-refractivity contribution is 0.203. The number of fused-ring (bicyclic) bond motifs is 1. The number of nitrogens with zero attached hydrogens (tertiary/aromatic N) is 3. The SMILES string of the molecule is CCn1c(C2CCCN2C(=O)Nc2ccccc2OCC(C)C)nc2ccccc21. The molecule has 0 radical (unpaired) electrons. The number of amides is 2. The number of benzene rings is 2. The number of para-hydroxylation sites is 4. The van der Waals surface area contributed by atoms with Gasteiger partial charge >= 0.3 is 6.03 Å².